The Kier molecular flexibility index (Phi) is 25.0. The van der Waals surface area contributed by atoms with E-state index in [1.54, 1.807) is 0 Å². The third-order valence-electron chi connectivity index (χ3n) is 13.6. The SMILES string of the molecule is C=C1CCC(C(C)C)CC1.CC(C)C1CC(=O)C1.CC(C)C1CCC(=O)C1.CC(C)C1CCC1=O.CC(C)C1CCCC(=O)C1.CC(C)C1CCCCC1=O. The molecule has 0 aromatic carbocycles. The quantitative estimate of drug-likeness (QED) is 0.251. The van der Waals surface area contributed by atoms with Crippen LogP contribution in [0, 0.1) is 71.0 Å². The lowest BCUT2D eigenvalue weighted by Crippen LogP contribution is -2.29. The second kappa shape index (κ2) is 26.9. The molecule has 55 heavy (non-hydrogen) atoms. The van der Waals surface area contributed by atoms with Gasteiger partial charge in [0.25, 0.3) is 0 Å². The maximum absolute atomic E-state index is 11.2. The van der Waals surface area contributed by atoms with Crippen molar-refractivity contribution in [3.63, 3.8) is 0 Å². The van der Waals surface area contributed by atoms with Gasteiger partial charge in [-0.05, 0) is 123 Å². The summed E-state index contributed by atoms with van der Waals surface area (Å²) in [6, 6.07) is 0. The Labute approximate surface area is 340 Å². The standard InChI is InChI=1S/C10H18.2C9H16O.C8H14O.2C7H12O/c1-8(2)10-6-4-9(3)5-7-10;1-7(2)8-4-3-5-9(10)6-8;1-7(2)8-5-3-4-6-9(8)10;1-6(2)7-3-4-8(9)5-7;1-5(2)6-3-7(8)4-6;1-5(2)6-3-4-7(6)8/h8,10H,3-7H2,1-2H3;2*7-8H,3-6H2,1-2H3;6-7H,3-5H2,1-2H3;2*5-6H,3-4H2,1-2H3. The molecule has 4 atom stereocenters. The molecule has 0 saturated heterocycles. The van der Waals surface area contributed by atoms with E-state index in [4.69, 9.17) is 0 Å². The molecule has 6 aliphatic carbocycles. The van der Waals surface area contributed by atoms with Gasteiger partial charge < -0.3 is 0 Å². The van der Waals surface area contributed by atoms with Crippen molar-refractivity contribution in [2.75, 3.05) is 0 Å². The predicted octanol–water partition coefficient (Wildman–Crippen LogP) is 13.4. The molecule has 318 valence electrons. The largest absolute Gasteiger partial charge is 0.300 e. The molecule has 0 aromatic heterocycles. The number of carbonyl (C=O) groups is 5. The number of hydrogen-bond donors (Lipinski definition) is 0. The molecule has 0 heterocycles. The summed E-state index contributed by atoms with van der Waals surface area (Å²) in [7, 11) is 0. The van der Waals surface area contributed by atoms with Gasteiger partial charge >= 0.3 is 0 Å². The molecule has 6 fully saturated rings. The van der Waals surface area contributed by atoms with Crippen LogP contribution in [0.5, 0.6) is 0 Å². The number of ketones is 5. The normalized spacial score (nSPS) is 25.9. The van der Waals surface area contributed by atoms with Crippen molar-refractivity contribution in [2.24, 2.45) is 71.0 Å². The molecule has 5 heteroatoms. The summed E-state index contributed by atoms with van der Waals surface area (Å²) in [4.78, 5) is 54.1. The van der Waals surface area contributed by atoms with E-state index in [9.17, 15) is 24.0 Å². The molecule has 0 bridgehead atoms. The maximum atomic E-state index is 11.2. The summed E-state index contributed by atoms with van der Waals surface area (Å²) in [5.74, 6) is 10.4. The van der Waals surface area contributed by atoms with Gasteiger partial charge in [-0.1, -0.05) is 102 Å². The van der Waals surface area contributed by atoms with Gasteiger partial charge in [-0.15, -0.1) is 0 Å². The van der Waals surface area contributed by atoms with Crippen LogP contribution < -0.4 is 0 Å². The zero-order valence-corrected chi connectivity index (χ0v) is 38.1. The lowest BCUT2D eigenvalue weighted by atomic mass is 9.76. The van der Waals surface area contributed by atoms with Gasteiger partial charge in [0.2, 0.25) is 0 Å². The Morgan fingerprint density at radius 3 is 1.05 bits per heavy atom. The van der Waals surface area contributed by atoms with Gasteiger partial charge in [0.15, 0.2) is 0 Å². The number of rotatable bonds is 6. The molecule has 0 aromatic rings. The highest BCUT2D eigenvalue weighted by molar-refractivity contribution is 5.86. The molecule has 0 amide bonds. The second-order valence-electron chi connectivity index (χ2n) is 20.1. The Morgan fingerprint density at radius 1 is 0.364 bits per heavy atom. The summed E-state index contributed by atoms with van der Waals surface area (Å²) < 4.78 is 0. The van der Waals surface area contributed by atoms with Crippen LogP contribution >= 0.6 is 0 Å². The molecular formula is C50H88O5. The van der Waals surface area contributed by atoms with Gasteiger partial charge in [0.1, 0.15) is 28.9 Å². The van der Waals surface area contributed by atoms with Gasteiger partial charge in [0.05, 0.1) is 0 Å². The van der Waals surface area contributed by atoms with Gasteiger partial charge in [-0.3, -0.25) is 24.0 Å². The molecule has 4 unspecified atom stereocenters. The molecule has 0 radical (unpaired) electrons. The highest BCUT2D eigenvalue weighted by Crippen LogP contribution is 2.33. The minimum atomic E-state index is 0.383. The fraction of sp³-hybridized carbons (Fsp3) is 0.860. The molecule has 0 N–H and O–H groups in total. The number of allylic oxidation sites excluding steroid dienone is 1. The summed E-state index contributed by atoms with van der Waals surface area (Å²) in [5, 5.41) is 0. The monoisotopic (exact) mass is 769 g/mol. The van der Waals surface area contributed by atoms with Crippen molar-refractivity contribution in [3.8, 4) is 0 Å². The molecule has 6 saturated carbocycles. The molecule has 0 aliphatic heterocycles. The maximum Gasteiger partial charge on any atom is 0.136 e. The molecule has 6 rings (SSSR count). The van der Waals surface area contributed by atoms with Crippen molar-refractivity contribution < 1.29 is 24.0 Å². The summed E-state index contributed by atoms with van der Waals surface area (Å²) in [5.41, 5.74) is 1.47. The van der Waals surface area contributed by atoms with Crippen molar-refractivity contribution in [1.29, 1.82) is 0 Å². The predicted molar refractivity (Wildman–Crippen MR) is 232 cm³/mol. The lowest BCUT2D eigenvalue weighted by molar-refractivity contribution is -0.131. The van der Waals surface area contributed by atoms with Crippen LogP contribution in [0.4, 0.5) is 0 Å². The van der Waals surface area contributed by atoms with E-state index in [0.717, 1.165) is 95.3 Å². The number of carbonyl (C=O) groups excluding carboxylic acids is 5. The minimum absolute atomic E-state index is 0.383. The first kappa shape index (κ1) is 51.1. The topological polar surface area (TPSA) is 85.3 Å². The van der Waals surface area contributed by atoms with E-state index in [-0.39, 0.29) is 0 Å². The van der Waals surface area contributed by atoms with Crippen molar-refractivity contribution in [2.45, 2.75) is 205 Å². The lowest BCUT2D eigenvalue weighted by Gasteiger charge is -2.27. The zero-order chi connectivity index (χ0) is 41.8. The second-order valence-corrected chi connectivity index (χ2v) is 20.1. The van der Waals surface area contributed by atoms with Crippen LogP contribution in [0.15, 0.2) is 12.2 Å². The van der Waals surface area contributed by atoms with Crippen LogP contribution in [-0.2, 0) is 24.0 Å². The van der Waals surface area contributed by atoms with Gasteiger partial charge in [-0.25, -0.2) is 0 Å². The number of hydrogen-bond acceptors (Lipinski definition) is 5. The Bertz CT molecular complexity index is 1150. The van der Waals surface area contributed by atoms with Crippen LogP contribution in [0.25, 0.3) is 0 Å². The number of Topliss-reactive ketones (excluding diaryl/α,β-unsaturated/α-hetero) is 5. The van der Waals surface area contributed by atoms with Crippen LogP contribution in [0.2, 0.25) is 0 Å². The molecule has 5 nitrogen and oxygen atoms in total. The fourth-order valence-electron chi connectivity index (χ4n) is 8.60. The Balaban J connectivity index is 0.000000331. The summed E-state index contributed by atoms with van der Waals surface area (Å²) in [6.07, 6.45) is 20.2. The third-order valence-corrected chi connectivity index (χ3v) is 13.6. The first-order valence-corrected chi connectivity index (χ1v) is 23.0. The van der Waals surface area contributed by atoms with Crippen LogP contribution in [-0.4, -0.2) is 28.9 Å². The van der Waals surface area contributed by atoms with Gasteiger partial charge in [-0.2, -0.15) is 0 Å². The van der Waals surface area contributed by atoms with E-state index < -0.39 is 0 Å². The smallest absolute Gasteiger partial charge is 0.136 e. The summed E-state index contributed by atoms with van der Waals surface area (Å²) in [6.45, 7) is 30.4. The Morgan fingerprint density at radius 2 is 0.782 bits per heavy atom. The van der Waals surface area contributed by atoms with E-state index in [0.29, 0.717) is 88.1 Å². The highest BCUT2D eigenvalue weighted by Gasteiger charge is 2.30. The van der Waals surface area contributed by atoms with Crippen LogP contribution in [0.1, 0.15) is 205 Å². The highest BCUT2D eigenvalue weighted by atomic mass is 16.1. The average molecular weight is 769 g/mol. The van der Waals surface area contributed by atoms with Crippen LogP contribution in [0.3, 0.4) is 0 Å². The van der Waals surface area contributed by atoms with E-state index in [2.05, 4.69) is 89.7 Å². The summed E-state index contributed by atoms with van der Waals surface area (Å²) >= 11 is 0. The minimum Gasteiger partial charge on any atom is -0.300 e. The molecule has 0 spiro atoms. The van der Waals surface area contributed by atoms with Crippen molar-refractivity contribution >= 4 is 28.9 Å². The average Bonchev–Trinajstić information content (AvgIpc) is 3.54. The van der Waals surface area contributed by atoms with E-state index >= 15 is 0 Å². The van der Waals surface area contributed by atoms with Gasteiger partial charge in [0, 0.05) is 63.2 Å². The van der Waals surface area contributed by atoms with Crippen molar-refractivity contribution in [3.05, 3.63) is 12.2 Å². The first-order valence-electron chi connectivity index (χ1n) is 23.0. The molecule has 6 aliphatic rings. The van der Waals surface area contributed by atoms with Crippen molar-refractivity contribution in [1.82, 2.24) is 0 Å². The first-order chi connectivity index (χ1) is 25.7. The fourth-order valence-corrected chi connectivity index (χ4v) is 8.60. The molecular weight excluding hydrogens is 681 g/mol. The van der Waals surface area contributed by atoms with E-state index in [1.165, 1.54) is 44.1 Å². The zero-order valence-electron chi connectivity index (χ0n) is 38.1. The van der Waals surface area contributed by atoms with E-state index in [1.807, 2.05) is 0 Å². The third kappa shape index (κ3) is 20.9. The Hall–Kier alpha value is -1.91.